The van der Waals surface area contributed by atoms with E-state index in [0.29, 0.717) is 23.2 Å². The molecule has 0 heterocycles. The van der Waals surface area contributed by atoms with E-state index in [4.69, 9.17) is 5.26 Å². The third kappa shape index (κ3) is 3.43. The second kappa shape index (κ2) is 6.31. The third-order valence-corrected chi connectivity index (χ3v) is 3.24. The van der Waals surface area contributed by atoms with Crippen molar-refractivity contribution in [2.24, 2.45) is 0 Å². The molecule has 2 nitrogen and oxygen atoms in total. The Balaban J connectivity index is 1.94. The van der Waals surface area contributed by atoms with Crippen LogP contribution < -0.4 is 5.32 Å². The van der Waals surface area contributed by atoms with Gasteiger partial charge >= 0.3 is 0 Å². The molecule has 0 aliphatic heterocycles. The number of nitrogens with zero attached hydrogens (tertiary/aromatic N) is 1. The number of halogens is 1. The standard InChI is InChI=1S/C17H17FN2/c1-12-7-16(8-13(2)17(12)18)11-20-10-15-5-3-14(9-19)4-6-15/h3-8,20H,10-11H2,1-2H3. The number of benzene rings is 2. The molecule has 0 atom stereocenters. The molecule has 102 valence electrons. The zero-order valence-electron chi connectivity index (χ0n) is 11.7. The summed E-state index contributed by atoms with van der Waals surface area (Å²) in [4.78, 5) is 0. The Morgan fingerprint density at radius 1 is 1.00 bits per heavy atom. The fourth-order valence-electron chi connectivity index (χ4n) is 2.19. The Morgan fingerprint density at radius 3 is 2.10 bits per heavy atom. The lowest BCUT2D eigenvalue weighted by Crippen LogP contribution is -2.13. The highest BCUT2D eigenvalue weighted by molar-refractivity contribution is 5.32. The van der Waals surface area contributed by atoms with E-state index in [1.165, 1.54) is 0 Å². The van der Waals surface area contributed by atoms with Gasteiger partial charge in [0.25, 0.3) is 0 Å². The predicted octanol–water partition coefficient (Wildman–Crippen LogP) is 3.60. The summed E-state index contributed by atoms with van der Waals surface area (Å²) in [6.45, 7) is 4.99. The van der Waals surface area contributed by atoms with Crippen LogP contribution in [-0.2, 0) is 13.1 Å². The van der Waals surface area contributed by atoms with Crippen LogP contribution in [0.1, 0.15) is 27.8 Å². The quantitative estimate of drug-likeness (QED) is 0.919. The number of hydrogen-bond acceptors (Lipinski definition) is 2. The van der Waals surface area contributed by atoms with Crippen LogP contribution in [0.25, 0.3) is 0 Å². The van der Waals surface area contributed by atoms with Gasteiger partial charge in [-0.3, -0.25) is 0 Å². The van der Waals surface area contributed by atoms with Crippen LogP contribution in [0.4, 0.5) is 4.39 Å². The van der Waals surface area contributed by atoms with Gasteiger partial charge in [0.15, 0.2) is 0 Å². The fourth-order valence-corrected chi connectivity index (χ4v) is 2.19. The fraction of sp³-hybridized carbons (Fsp3) is 0.235. The molecular weight excluding hydrogens is 251 g/mol. The highest BCUT2D eigenvalue weighted by atomic mass is 19.1. The minimum Gasteiger partial charge on any atom is -0.309 e. The van der Waals surface area contributed by atoms with Crippen LogP contribution >= 0.6 is 0 Å². The van der Waals surface area contributed by atoms with E-state index in [9.17, 15) is 4.39 Å². The minimum absolute atomic E-state index is 0.124. The molecule has 0 radical (unpaired) electrons. The van der Waals surface area contributed by atoms with E-state index in [1.54, 1.807) is 13.8 Å². The van der Waals surface area contributed by atoms with Crippen LogP contribution in [0.2, 0.25) is 0 Å². The number of rotatable bonds is 4. The summed E-state index contributed by atoms with van der Waals surface area (Å²) >= 11 is 0. The van der Waals surface area contributed by atoms with Crippen molar-refractivity contribution in [3.8, 4) is 6.07 Å². The number of nitrogens with one attached hydrogen (secondary N) is 1. The summed E-state index contributed by atoms with van der Waals surface area (Å²) in [5, 5.41) is 12.1. The van der Waals surface area contributed by atoms with Crippen LogP contribution in [0.5, 0.6) is 0 Å². The molecule has 0 saturated carbocycles. The van der Waals surface area contributed by atoms with Gasteiger partial charge in [-0.15, -0.1) is 0 Å². The van der Waals surface area contributed by atoms with Gasteiger partial charge < -0.3 is 5.32 Å². The first-order valence-electron chi connectivity index (χ1n) is 6.55. The average Bonchev–Trinajstić information content (AvgIpc) is 2.45. The van der Waals surface area contributed by atoms with Crippen LogP contribution in [-0.4, -0.2) is 0 Å². The Bertz CT molecular complexity index is 616. The van der Waals surface area contributed by atoms with Crippen molar-refractivity contribution in [1.29, 1.82) is 5.26 Å². The van der Waals surface area contributed by atoms with Gasteiger partial charge in [-0.1, -0.05) is 24.3 Å². The topological polar surface area (TPSA) is 35.8 Å². The highest BCUT2D eigenvalue weighted by Gasteiger charge is 2.04. The molecule has 0 aliphatic rings. The maximum atomic E-state index is 13.5. The summed E-state index contributed by atoms with van der Waals surface area (Å²) in [5.74, 6) is -0.124. The van der Waals surface area contributed by atoms with Gasteiger partial charge in [-0.25, -0.2) is 4.39 Å². The van der Waals surface area contributed by atoms with Gasteiger partial charge in [0.05, 0.1) is 11.6 Å². The van der Waals surface area contributed by atoms with Crippen LogP contribution in [0, 0.1) is 31.0 Å². The maximum Gasteiger partial charge on any atom is 0.129 e. The highest BCUT2D eigenvalue weighted by Crippen LogP contribution is 2.14. The smallest absolute Gasteiger partial charge is 0.129 e. The molecule has 0 amide bonds. The summed E-state index contributed by atoms with van der Waals surface area (Å²) < 4.78 is 13.5. The Hall–Kier alpha value is -2.18. The number of hydrogen-bond donors (Lipinski definition) is 1. The number of nitriles is 1. The van der Waals surface area contributed by atoms with Crippen LogP contribution in [0.15, 0.2) is 36.4 Å². The monoisotopic (exact) mass is 268 g/mol. The normalized spacial score (nSPS) is 10.3. The van der Waals surface area contributed by atoms with Crippen molar-refractivity contribution in [2.45, 2.75) is 26.9 Å². The van der Waals surface area contributed by atoms with Crippen molar-refractivity contribution >= 4 is 0 Å². The van der Waals surface area contributed by atoms with E-state index >= 15 is 0 Å². The minimum atomic E-state index is -0.124. The van der Waals surface area contributed by atoms with E-state index < -0.39 is 0 Å². The zero-order valence-corrected chi connectivity index (χ0v) is 11.7. The Kier molecular flexibility index (Phi) is 4.49. The first kappa shape index (κ1) is 14.2. The summed E-state index contributed by atoms with van der Waals surface area (Å²) in [6.07, 6.45) is 0. The first-order valence-corrected chi connectivity index (χ1v) is 6.55. The number of aryl methyl sites for hydroxylation is 2. The molecule has 1 N–H and O–H groups in total. The van der Waals surface area contributed by atoms with E-state index in [1.807, 2.05) is 36.4 Å². The molecule has 20 heavy (non-hydrogen) atoms. The molecule has 2 aromatic rings. The van der Waals surface area contributed by atoms with Crippen molar-refractivity contribution < 1.29 is 4.39 Å². The van der Waals surface area contributed by atoms with Gasteiger partial charge in [0.2, 0.25) is 0 Å². The average molecular weight is 268 g/mol. The maximum absolute atomic E-state index is 13.5. The molecule has 0 unspecified atom stereocenters. The second-order valence-corrected chi connectivity index (χ2v) is 4.96. The molecular formula is C17H17FN2. The summed E-state index contributed by atoms with van der Waals surface area (Å²) in [7, 11) is 0. The summed E-state index contributed by atoms with van der Waals surface area (Å²) in [6, 6.07) is 13.3. The molecule has 0 fully saturated rings. The van der Waals surface area contributed by atoms with Crippen molar-refractivity contribution in [2.75, 3.05) is 0 Å². The van der Waals surface area contributed by atoms with Gasteiger partial charge in [0, 0.05) is 13.1 Å². The largest absolute Gasteiger partial charge is 0.309 e. The van der Waals surface area contributed by atoms with Gasteiger partial charge in [-0.2, -0.15) is 5.26 Å². The van der Waals surface area contributed by atoms with E-state index in [-0.39, 0.29) is 5.82 Å². The van der Waals surface area contributed by atoms with Crippen molar-refractivity contribution in [1.82, 2.24) is 5.32 Å². The predicted molar refractivity (Wildman–Crippen MR) is 77.6 cm³/mol. The van der Waals surface area contributed by atoms with Gasteiger partial charge in [-0.05, 0) is 48.2 Å². The zero-order chi connectivity index (χ0) is 14.5. The lowest BCUT2D eigenvalue weighted by Gasteiger charge is -2.08. The van der Waals surface area contributed by atoms with Crippen molar-refractivity contribution in [3.05, 3.63) is 70.0 Å². The molecule has 0 aliphatic carbocycles. The third-order valence-electron chi connectivity index (χ3n) is 3.24. The molecule has 3 heteroatoms. The SMILES string of the molecule is Cc1cc(CNCc2ccc(C#N)cc2)cc(C)c1F. The lowest BCUT2D eigenvalue weighted by molar-refractivity contribution is 0.606. The molecule has 0 aromatic heterocycles. The summed E-state index contributed by atoms with van der Waals surface area (Å²) in [5.41, 5.74) is 4.23. The second-order valence-electron chi connectivity index (χ2n) is 4.96. The first-order chi connectivity index (χ1) is 9.60. The van der Waals surface area contributed by atoms with E-state index in [0.717, 1.165) is 17.7 Å². The molecule has 2 aromatic carbocycles. The van der Waals surface area contributed by atoms with E-state index in [2.05, 4.69) is 11.4 Å². The Morgan fingerprint density at radius 2 is 1.55 bits per heavy atom. The Labute approximate surface area is 118 Å². The van der Waals surface area contributed by atoms with Crippen molar-refractivity contribution in [3.63, 3.8) is 0 Å². The molecule has 0 bridgehead atoms. The molecule has 2 rings (SSSR count). The van der Waals surface area contributed by atoms with Gasteiger partial charge in [0.1, 0.15) is 5.82 Å². The molecule has 0 spiro atoms. The molecule has 0 saturated heterocycles. The lowest BCUT2D eigenvalue weighted by atomic mass is 10.1. The van der Waals surface area contributed by atoms with Crippen LogP contribution in [0.3, 0.4) is 0 Å².